The molecule has 0 aliphatic heterocycles. The number of rotatable bonds is 4. The van der Waals surface area contributed by atoms with Gasteiger partial charge in [0.25, 0.3) is 5.78 Å². The molecule has 0 heterocycles. The molecule has 0 amide bonds. The van der Waals surface area contributed by atoms with Crippen molar-refractivity contribution in [1.82, 2.24) is 0 Å². The van der Waals surface area contributed by atoms with E-state index in [1.807, 2.05) is 30.3 Å². The summed E-state index contributed by atoms with van der Waals surface area (Å²) in [5.74, 6) is -0.690. The van der Waals surface area contributed by atoms with E-state index in [1.54, 1.807) is 6.92 Å². The molecule has 1 aliphatic rings. The van der Waals surface area contributed by atoms with Crippen molar-refractivity contribution in [1.29, 1.82) is 0 Å². The van der Waals surface area contributed by atoms with Crippen LogP contribution in [-0.4, -0.2) is 28.9 Å². The Balaban J connectivity index is 2.46. The normalized spacial score (nSPS) is 21.8. The predicted molar refractivity (Wildman–Crippen MR) is 76.9 cm³/mol. The van der Waals surface area contributed by atoms with Crippen LogP contribution < -0.4 is 0 Å². The number of nitrogens with zero attached hydrogens (tertiary/aromatic N) is 2. The van der Waals surface area contributed by atoms with Crippen LogP contribution in [0.5, 0.6) is 0 Å². The molecular weight excluding hydrogens is 268 g/mol. The number of esters is 1. The molecule has 110 valence electrons. The van der Waals surface area contributed by atoms with Gasteiger partial charge < -0.3 is 10.3 Å². The summed E-state index contributed by atoms with van der Waals surface area (Å²) in [4.78, 5) is 27.8. The van der Waals surface area contributed by atoms with Gasteiger partial charge in [0.15, 0.2) is 0 Å². The number of Topliss-reactive ketones (excluding diaryl/α,β-unsaturated/α-hetero) is 1. The van der Waals surface area contributed by atoms with Gasteiger partial charge in [-0.3, -0.25) is 9.59 Å². The average Bonchev–Trinajstić information content (AvgIpc) is 2.50. The highest BCUT2D eigenvalue weighted by molar-refractivity contribution is 6.41. The average molecular weight is 286 g/mol. The largest absolute Gasteiger partial charge is 0.466 e. The zero-order valence-electron chi connectivity index (χ0n) is 12.0. The molecule has 0 aromatic heterocycles. The minimum absolute atomic E-state index is 0.0251. The summed E-state index contributed by atoms with van der Waals surface area (Å²) in [6.07, 6.45) is 1.66. The first-order chi connectivity index (χ1) is 10.1. The van der Waals surface area contributed by atoms with Crippen LogP contribution in [0.2, 0.25) is 0 Å². The SMILES string of the molecule is CCOC(=O)CC1(c2ccccc2)CCCC(=[N+]=[N-])C1=O. The van der Waals surface area contributed by atoms with Gasteiger partial charge in [0, 0.05) is 0 Å². The standard InChI is InChI=1S/C16H18N2O3/c1-2-21-14(19)11-16(12-7-4-3-5-8-12)10-6-9-13(18-17)15(16)20/h3-5,7-8H,2,6,9-11H2,1H3. The molecule has 2 rings (SSSR count). The molecule has 5 heteroatoms. The van der Waals surface area contributed by atoms with Gasteiger partial charge >= 0.3 is 11.7 Å². The Bertz CT molecular complexity index is 591. The Hall–Kier alpha value is -2.26. The highest BCUT2D eigenvalue weighted by Gasteiger charge is 2.49. The molecule has 0 N–H and O–H groups in total. The van der Waals surface area contributed by atoms with Gasteiger partial charge in [-0.2, -0.15) is 4.79 Å². The number of hydrogen-bond acceptors (Lipinski definition) is 3. The van der Waals surface area contributed by atoms with Gasteiger partial charge in [-0.05, 0) is 25.3 Å². The van der Waals surface area contributed by atoms with E-state index in [9.17, 15) is 9.59 Å². The molecule has 1 saturated carbocycles. The van der Waals surface area contributed by atoms with Crippen molar-refractivity contribution in [2.24, 2.45) is 0 Å². The molecule has 0 saturated heterocycles. The van der Waals surface area contributed by atoms with E-state index < -0.39 is 11.4 Å². The fourth-order valence-corrected chi connectivity index (χ4v) is 2.92. The summed E-state index contributed by atoms with van der Waals surface area (Å²) < 4.78 is 5.01. The number of carbonyl (C=O) groups is 2. The molecule has 1 fully saturated rings. The van der Waals surface area contributed by atoms with Crippen LogP contribution in [0.15, 0.2) is 30.3 Å². The summed E-state index contributed by atoms with van der Waals surface area (Å²) >= 11 is 0. The summed E-state index contributed by atoms with van der Waals surface area (Å²) in [6.45, 7) is 2.01. The van der Waals surface area contributed by atoms with Crippen molar-refractivity contribution < 1.29 is 19.1 Å². The van der Waals surface area contributed by atoms with Crippen molar-refractivity contribution in [3.05, 3.63) is 41.4 Å². The molecule has 0 bridgehead atoms. The van der Waals surface area contributed by atoms with Crippen LogP contribution in [-0.2, 0) is 19.7 Å². The number of benzene rings is 1. The van der Waals surface area contributed by atoms with Crippen molar-refractivity contribution in [3.8, 4) is 0 Å². The summed E-state index contributed by atoms with van der Waals surface area (Å²) in [5, 5.41) is 0. The van der Waals surface area contributed by atoms with Crippen LogP contribution in [0.25, 0.3) is 5.53 Å². The Kier molecular flexibility index (Phi) is 4.66. The Labute approximate surface area is 123 Å². The van der Waals surface area contributed by atoms with Crippen LogP contribution in [0.1, 0.15) is 38.2 Å². The van der Waals surface area contributed by atoms with Gasteiger partial charge in [-0.15, -0.1) is 0 Å². The van der Waals surface area contributed by atoms with Gasteiger partial charge in [0.2, 0.25) is 0 Å². The summed E-state index contributed by atoms with van der Waals surface area (Å²) in [5.41, 5.74) is 8.95. The topological polar surface area (TPSA) is 79.8 Å². The quantitative estimate of drug-likeness (QED) is 0.484. The monoisotopic (exact) mass is 286 g/mol. The van der Waals surface area contributed by atoms with Crippen molar-refractivity contribution >= 4 is 17.5 Å². The second-order valence-corrected chi connectivity index (χ2v) is 5.16. The van der Waals surface area contributed by atoms with E-state index in [1.165, 1.54) is 0 Å². The minimum Gasteiger partial charge on any atom is -0.466 e. The van der Waals surface area contributed by atoms with Crippen LogP contribution in [0, 0.1) is 0 Å². The van der Waals surface area contributed by atoms with Crippen LogP contribution in [0.3, 0.4) is 0 Å². The molecule has 0 spiro atoms. The Morgan fingerprint density at radius 1 is 1.38 bits per heavy atom. The third-order valence-electron chi connectivity index (χ3n) is 3.91. The smallest absolute Gasteiger partial charge is 0.335 e. The van der Waals surface area contributed by atoms with Crippen LogP contribution in [0.4, 0.5) is 0 Å². The third-order valence-corrected chi connectivity index (χ3v) is 3.91. The fourth-order valence-electron chi connectivity index (χ4n) is 2.92. The third kappa shape index (κ3) is 2.93. The molecule has 0 radical (unpaired) electrons. The van der Waals surface area contributed by atoms with Crippen LogP contribution >= 0.6 is 0 Å². The number of hydrogen-bond donors (Lipinski definition) is 0. The first-order valence-electron chi connectivity index (χ1n) is 7.11. The fraction of sp³-hybridized carbons (Fsp3) is 0.438. The lowest BCUT2D eigenvalue weighted by Gasteiger charge is -2.33. The van der Waals surface area contributed by atoms with E-state index in [2.05, 4.69) is 4.79 Å². The lowest BCUT2D eigenvalue weighted by Crippen LogP contribution is -2.46. The predicted octanol–water partition coefficient (Wildman–Crippen LogP) is 2.30. The zero-order valence-corrected chi connectivity index (χ0v) is 12.0. The molecule has 1 aromatic carbocycles. The van der Waals surface area contributed by atoms with Gasteiger partial charge in [0.05, 0.1) is 24.9 Å². The summed E-state index contributed by atoms with van der Waals surface area (Å²) in [7, 11) is 0. The minimum atomic E-state index is -0.979. The molecule has 1 unspecified atom stereocenters. The zero-order chi connectivity index (χ0) is 15.3. The van der Waals surface area contributed by atoms with Gasteiger partial charge in [0.1, 0.15) is 0 Å². The highest BCUT2D eigenvalue weighted by atomic mass is 16.5. The molecular formula is C16H18N2O3. The maximum absolute atomic E-state index is 12.7. The van der Waals surface area contributed by atoms with Crippen molar-refractivity contribution in [2.45, 2.75) is 38.0 Å². The van der Waals surface area contributed by atoms with E-state index >= 15 is 0 Å². The lowest BCUT2D eigenvalue weighted by atomic mass is 9.66. The van der Waals surface area contributed by atoms with Gasteiger partial charge in [-0.25, -0.2) is 0 Å². The maximum atomic E-state index is 12.7. The van der Waals surface area contributed by atoms with E-state index in [0.717, 1.165) is 5.56 Å². The molecule has 21 heavy (non-hydrogen) atoms. The number of ketones is 1. The summed E-state index contributed by atoms with van der Waals surface area (Å²) in [6, 6.07) is 9.19. The first kappa shape index (κ1) is 15.1. The lowest BCUT2D eigenvalue weighted by molar-refractivity contribution is -0.147. The van der Waals surface area contributed by atoms with E-state index in [-0.39, 0.29) is 24.5 Å². The number of carbonyl (C=O) groups excluding carboxylic acids is 2. The molecule has 1 aliphatic carbocycles. The van der Waals surface area contributed by atoms with E-state index in [0.29, 0.717) is 19.3 Å². The number of ether oxygens (including phenoxy) is 1. The van der Waals surface area contributed by atoms with Crippen molar-refractivity contribution in [2.75, 3.05) is 6.61 Å². The highest BCUT2D eigenvalue weighted by Crippen LogP contribution is 2.38. The molecule has 1 atom stereocenters. The second-order valence-electron chi connectivity index (χ2n) is 5.16. The molecule has 1 aromatic rings. The maximum Gasteiger partial charge on any atom is 0.335 e. The second kappa shape index (κ2) is 6.46. The molecule has 5 nitrogen and oxygen atoms in total. The Morgan fingerprint density at radius 3 is 2.71 bits per heavy atom. The van der Waals surface area contributed by atoms with Crippen molar-refractivity contribution in [3.63, 3.8) is 0 Å². The first-order valence-corrected chi connectivity index (χ1v) is 7.11. The Morgan fingerprint density at radius 2 is 2.10 bits per heavy atom. The van der Waals surface area contributed by atoms with E-state index in [4.69, 9.17) is 10.3 Å². The van der Waals surface area contributed by atoms with Gasteiger partial charge in [-0.1, -0.05) is 30.3 Å².